The number of hydrogen-bond acceptors (Lipinski definition) is 3. The van der Waals surface area contributed by atoms with E-state index in [1.54, 1.807) is 18.2 Å². The Labute approximate surface area is 66.2 Å². The molecule has 1 aliphatic rings. The van der Waals surface area contributed by atoms with Gasteiger partial charge >= 0.3 is 0 Å². The van der Waals surface area contributed by atoms with Crippen LogP contribution in [0.25, 0.3) is 0 Å². The van der Waals surface area contributed by atoms with Gasteiger partial charge in [-0.2, -0.15) is 8.42 Å². The highest BCUT2D eigenvalue weighted by molar-refractivity contribution is 7.88. The average Bonchev–Trinajstić information content (AvgIpc) is 1.88. The molecule has 0 saturated carbocycles. The molecule has 0 aliphatic heterocycles. The summed E-state index contributed by atoms with van der Waals surface area (Å²) in [6, 6.07) is 0. The van der Waals surface area contributed by atoms with Crippen LogP contribution < -0.4 is 0 Å². The Bertz CT molecular complexity index is 312. The Kier molecular flexibility index (Phi) is 2.34. The van der Waals surface area contributed by atoms with Gasteiger partial charge in [0, 0.05) is 11.3 Å². The lowest BCUT2D eigenvalue weighted by atomic mass is 10.2. The Balaban J connectivity index is 3.19. The summed E-state index contributed by atoms with van der Waals surface area (Å²) < 4.78 is 20.8. The topological polar surface area (TPSA) is 34.1 Å². The lowest BCUT2D eigenvalue weighted by molar-refractivity contribution is 0.627. The molecule has 2 nitrogen and oxygen atoms in total. The van der Waals surface area contributed by atoms with Gasteiger partial charge in [-0.05, 0) is 6.08 Å². The maximum Gasteiger partial charge on any atom is 0.218 e. The van der Waals surface area contributed by atoms with Gasteiger partial charge in [0.25, 0.3) is 0 Å². The first-order valence-electron chi connectivity index (χ1n) is 2.73. The smallest absolute Gasteiger partial charge is 0.184 e. The van der Waals surface area contributed by atoms with Crippen LogP contribution in [0, 0.1) is 0 Å². The standard InChI is InChI=1S/C6H6O2S2/c7-10(8)6-4-2-1-3-5(6)9/h1-3,9H,4H2. The number of thiol groups is 1. The molecule has 0 saturated heterocycles. The Morgan fingerprint density at radius 3 is 2.60 bits per heavy atom. The number of allylic oxidation sites excluding steroid dienone is 4. The summed E-state index contributed by atoms with van der Waals surface area (Å²) in [5.41, 5.74) is 0. The van der Waals surface area contributed by atoms with Crippen molar-refractivity contribution in [3.8, 4) is 0 Å². The molecule has 4 heteroatoms. The molecule has 0 heterocycles. The maximum atomic E-state index is 10.4. The van der Waals surface area contributed by atoms with Gasteiger partial charge in [-0.25, -0.2) is 0 Å². The normalized spacial score (nSPS) is 16.9. The lowest BCUT2D eigenvalue weighted by Gasteiger charge is -2.00. The predicted octanol–water partition coefficient (Wildman–Crippen LogP) is 0.812. The molecular weight excluding hydrogens is 168 g/mol. The molecule has 54 valence electrons. The molecule has 10 heavy (non-hydrogen) atoms. The molecule has 0 radical (unpaired) electrons. The molecule has 1 rings (SSSR count). The van der Waals surface area contributed by atoms with Crippen LogP contribution in [-0.2, 0) is 10.3 Å². The summed E-state index contributed by atoms with van der Waals surface area (Å²) in [6.45, 7) is 0. The van der Waals surface area contributed by atoms with Crippen molar-refractivity contribution in [1.29, 1.82) is 0 Å². The van der Waals surface area contributed by atoms with Gasteiger partial charge in [0.1, 0.15) is 0 Å². The number of rotatable bonds is 0. The summed E-state index contributed by atoms with van der Waals surface area (Å²) in [7, 11) is -2.11. The molecular formula is C6H6O2S2. The summed E-state index contributed by atoms with van der Waals surface area (Å²) in [5, 5.41) is 0. The van der Waals surface area contributed by atoms with E-state index in [-0.39, 0.29) is 0 Å². The van der Waals surface area contributed by atoms with E-state index in [2.05, 4.69) is 12.6 Å². The van der Waals surface area contributed by atoms with E-state index in [4.69, 9.17) is 0 Å². The molecule has 0 N–H and O–H groups in total. The second-order valence-corrected chi connectivity index (χ2v) is 3.29. The van der Waals surface area contributed by atoms with E-state index in [0.717, 1.165) is 0 Å². The van der Waals surface area contributed by atoms with Crippen LogP contribution >= 0.6 is 12.6 Å². The third-order valence-electron chi connectivity index (χ3n) is 1.18. The minimum atomic E-state index is -2.11. The summed E-state index contributed by atoms with van der Waals surface area (Å²) in [4.78, 5) is 0.904. The third kappa shape index (κ3) is 1.52. The highest BCUT2D eigenvalue weighted by Crippen LogP contribution is 2.11. The van der Waals surface area contributed by atoms with Crippen LogP contribution in [0.1, 0.15) is 6.42 Å². The predicted molar refractivity (Wildman–Crippen MR) is 44.8 cm³/mol. The van der Waals surface area contributed by atoms with Crippen molar-refractivity contribution < 1.29 is 8.42 Å². The molecule has 0 aromatic rings. The quantitative estimate of drug-likeness (QED) is 0.435. The van der Waals surface area contributed by atoms with Crippen LogP contribution in [0.5, 0.6) is 0 Å². The SMILES string of the molecule is O=S(=O)=C1CC=CC=C1S. The molecule has 0 atom stereocenters. The van der Waals surface area contributed by atoms with E-state index >= 15 is 0 Å². The minimum absolute atomic E-state index is 0.367. The third-order valence-corrected chi connectivity index (χ3v) is 2.54. The molecule has 0 unspecified atom stereocenters. The van der Waals surface area contributed by atoms with E-state index in [0.29, 0.717) is 16.2 Å². The zero-order valence-corrected chi connectivity index (χ0v) is 6.82. The van der Waals surface area contributed by atoms with Crippen LogP contribution in [0.2, 0.25) is 0 Å². The summed E-state index contributed by atoms with van der Waals surface area (Å²) >= 11 is 3.98. The van der Waals surface area contributed by atoms with Crippen LogP contribution in [-0.4, -0.2) is 13.3 Å². The van der Waals surface area contributed by atoms with Crippen molar-refractivity contribution in [2.75, 3.05) is 0 Å². The van der Waals surface area contributed by atoms with Gasteiger partial charge in [0.2, 0.25) is 10.3 Å². The zero-order chi connectivity index (χ0) is 7.56. The van der Waals surface area contributed by atoms with Crippen molar-refractivity contribution in [1.82, 2.24) is 0 Å². The molecule has 0 fully saturated rings. The Morgan fingerprint density at radius 1 is 1.50 bits per heavy atom. The molecule has 0 spiro atoms. The molecule has 1 aliphatic carbocycles. The Hall–Kier alpha value is -0.480. The average molecular weight is 174 g/mol. The highest BCUT2D eigenvalue weighted by Gasteiger charge is 2.04. The van der Waals surface area contributed by atoms with Crippen LogP contribution in [0.4, 0.5) is 0 Å². The van der Waals surface area contributed by atoms with Crippen LogP contribution in [0.15, 0.2) is 23.1 Å². The van der Waals surface area contributed by atoms with Gasteiger partial charge in [-0.1, -0.05) is 12.2 Å². The monoisotopic (exact) mass is 174 g/mol. The van der Waals surface area contributed by atoms with Gasteiger partial charge in [0.15, 0.2) is 0 Å². The maximum absolute atomic E-state index is 10.4. The fourth-order valence-corrected chi connectivity index (χ4v) is 1.56. The Morgan fingerprint density at radius 2 is 2.20 bits per heavy atom. The van der Waals surface area contributed by atoms with Gasteiger partial charge in [-0.15, -0.1) is 12.6 Å². The van der Waals surface area contributed by atoms with Gasteiger partial charge in [-0.3, -0.25) is 0 Å². The van der Waals surface area contributed by atoms with Gasteiger partial charge < -0.3 is 0 Å². The lowest BCUT2D eigenvalue weighted by Crippen LogP contribution is -2.00. The first-order chi connectivity index (χ1) is 4.72. The minimum Gasteiger partial charge on any atom is -0.184 e. The second kappa shape index (κ2) is 3.07. The first-order valence-corrected chi connectivity index (χ1v) is 4.25. The highest BCUT2D eigenvalue weighted by atomic mass is 32.2. The van der Waals surface area contributed by atoms with Crippen molar-refractivity contribution in [3.05, 3.63) is 23.1 Å². The van der Waals surface area contributed by atoms with E-state index in [9.17, 15) is 8.42 Å². The van der Waals surface area contributed by atoms with E-state index < -0.39 is 10.3 Å². The van der Waals surface area contributed by atoms with E-state index in [1.807, 2.05) is 0 Å². The molecule has 0 aromatic carbocycles. The van der Waals surface area contributed by atoms with Crippen molar-refractivity contribution in [2.45, 2.75) is 6.42 Å². The van der Waals surface area contributed by atoms with Crippen molar-refractivity contribution >= 4 is 27.8 Å². The molecule has 0 amide bonds. The molecule has 0 bridgehead atoms. The van der Waals surface area contributed by atoms with Crippen molar-refractivity contribution in [2.24, 2.45) is 0 Å². The molecule has 0 aromatic heterocycles. The summed E-state index contributed by atoms with van der Waals surface area (Å²) in [5.74, 6) is 0. The largest absolute Gasteiger partial charge is 0.218 e. The van der Waals surface area contributed by atoms with Crippen LogP contribution in [0.3, 0.4) is 0 Å². The fourth-order valence-electron chi connectivity index (χ4n) is 0.685. The fraction of sp³-hybridized carbons (Fsp3) is 0.167. The zero-order valence-electron chi connectivity index (χ0n) is 5.11. The first kappa shape index (κ1) is 7.63. The second-order valence-electron chi connectivity index (χ2n) is 1.84. The number of hydrogen-bond donors (Lipinski definition) is 1. The van der Waals surface area contributed by atoms with E-state index in [1.165, 1.54) is 0 Å². The van der Waals surface area contributed by atoms with Crippen molar-refractivity contribution in [3.63, 3.8) is 0 Å². The van der Waals surface area contributed by atoms with Gasteiger partial charge in [0.05, 0.1) is 4.86 Å². The summed E-state index contributed by atoms with van der Waals surface area (Å²) in [6.07, 6.45) is 5.70.